The van der Waals surface area contributed by atoms with Crippen LogP contribution in [-0.2, 0) is 0 Å². The molecule has 0 unspecified atom stereocenters. The molecule has 0 aliphatic carbocycles. The number of nitrogens with zero attached hydrogens (tertiary/aromatic N) is 1. The summed E-state index contributed by atoms with van der Waals surface area (Å²) >= 11 is 3.39. The SMILES string of the molecule is CC(C)CCCNc1cncc(Br)c1. The molecule has 14 heavy (non-hydrogen) atoms. The van der Waals surface area contributed by atoms with E-state index in [1.807, 2.05) is 12.3 Å². The van der Waals surface area contributed by atoms with E-state index in [-0.39, 0.29) is 0 Å². The van der Waals surface area contributed by atoms with Gasteiger partial charge in [0.1, 0.15) is 0 Å². The second-order valence-electron chi connectivity index (χ2n) is 3.85. The molecule has 0 bridgehead atoms. The van der Waals surface area contributed by atoms with Crippen LogP contribution in [0.25, 0.3) is 0 Å². The molecule has 0 atom stereocenters. The van der Waals surface area contributed by atoms with Gasteiger partial charge in [-0.1, -0.05) is 13.8 Å². The third-order valence-electron chi connectivity index (χ3n) is 1.99. The molecule has 0 amide bonds. The third-order valence-corrected chi connectivity index (χ3v) is 2.43. The van der Waals surface area contributed by atoms with Gasteiger partial charge >= 0.3 is 0 Å². The average Bonchev–Trinajstić information content (AvgIpc) is 2.12. The molecule has 1 aromatic heterocycles. The molecule has 1 rings (SSSR count). The highest BCUT2D eigenvalue weighted by Crippen LogP contribution is 2.13. The number of pyridine rings is 1. The Hall–Kier alpha value is -0.570. The van der Waals surface area contributed by atoms with Crippen molar-refractivity contribution in [1.29, 1.82) is 0 Å². The summed E-state index contributed by atoms with van der Waals surface area (Å²) in [4.78, 5) is 4.09. The van der Waals surface area contributed by atoms with Crippen LogP contribution in [0.1, 0.15) is 26.7 Å². The summed E-state index contributed by atoms with van der Waals surface area (Å²) in [6.45, 7) is 5.53. The molecule has 1 heterocycles. The van der Waals surface area contributed by atoms with Crippen LogP contribution in [0.2, 0.25) is 0 Å². The number of rotatable bonds is 5. The normalized spacial score (nSPS) is 10.6. The number of hydrogen-bond acceptors (Lipinski definition) is 2. The lowest BCUT2D eigenvalue weighted by molar-refractivity contribution is 0.567. The average molecular weight is 257 g/mol. The maximum absolute atomic E-state index is 4.09. The number of aromatic nitrogens is 1. The molecular weight excluding hydrogens is 240 g/mol. The highest BCUT2D eigenvalue weighted by molar-refractivity contribution is 9.10. The quantitative estimate of drug-likeness (QED) is 0.813. The van der Waals surface area contributed by atoms with Crippen LogP contribution in [0.4, 0.5) is 5.69 Å². The standard InChI is InChI=1S/C11H17BrN2/c1-9(2)4-3-5-14-11-6-10(12)7-13-8-11/h6-9,14H,3-5H2,1-2H3. The number of nitrogens with one attached hydrogen (secondary N) is 1. The Morgan fingerprint density at radius 1 is 1.43 bits per heavy atom. The predicted octanol–water partition coefficient (Wildman–Crippen LogP) is 3.69. The summed E-state index contributed by atoms with van der Waals surface area (Å²) < 4.78 is 1.02. The molecule has 0 aliphatic rings. The summed E-state index contributed by atoms with van der Waals surface area (Å²) in [5.74, 6) is 0.789. The van der Waals surface area contributed by atoms with E-state index in [2.05, 4.69) is 40.1 Å². The second-order valence-corrected chi connectivity index (χ2v) is 4.77. The first kappa shape index (κ1) is 11.5. The lowest BCUT2D eigenvalue weighted by atomic mass is 10.1. The van der Waals surface area contributed by atoms with Crippen molar-refractivity contribution in [1.82, 2.24) is 4.98 Å². The molecule has 2 nitrogen and oxygen atoms in total. The van der Waals surface area contributed by atoms with Crippen LogP contribution in [0.15, 0.2) is 22.9 Å². The van der Waals surface area contributed by atoms with Gasteiger partial charge in [0.2, 0.25) is 0 Å². The maximum atomic E-state index is 4.09. The number of hydrogen-bond donors (Lipinski definition) is 1. The zero-order valence-corrected chi connectivity index (χ0v) is 10.3. The van der Waals surface area contributed by atoms with Crippen LogP contribution in [0.5, 0.6) is 0 Å². The minimum atomic E-state index is 0.789. The van der Waals surface area contributed by atoms with Gasteiger partial charge in [0.25, 0.3) is 0 Å². The van der Waals surface area contributed by atoms with Gasteiger partial charge in [0.05, 0.1) is 11.9 Å². The van der Waals surface area contributed by atoms with Crippen molar-refractivity contribution in [2.75, 3.05) is 11.9 Å². The Balaban J connectivity index is 2.25. The fourth-order valence-electron chi connectivity index (χ4n) is 1.25. The molecule has 0 spiro atoms. The van der Waals surface area contributed by atoms with E-state index < -0.39 is 0 Å². The summed E-state index contributed by atoms with van der Waals surface area (Å²) in [6.07, 6.45) is 6.12. The molecule has 3 heteroatoms. The molecule has 1 N–H and O–H groups in total. The molecule has 1 aromatic rings. The minimum Gasteiger partial charge on any atom is -0.384 e. The predicted molar refractivity (Wildman–Crippen MR) is 64.5 cm³/mol. The van der Waals surface area contributed by atoms with E-state index in [9.17, 15) is 0 Å². The first-order valence-corrected chi connectivity index (χ1v) is 5.82. The van der Waals surface area contributed by atoms with Gasteiger partial charge in [-0.2, -0.15) is 0 Å². The highest BCUT2D eigenvalue weighted by Gasteiger charge is 1.95. The second kappa shape index (κ2) is 6.02. The van der Waals surface area contributed by atoms with E-state index in [1.165, 1.54) is 12.8 Å². The molecule has 0 aromatic carbocycles. The zero-order valence-electron chi connectivity index (χ0n) is 8.76. The van der Waals surface area contributed by atoms with Crippen molar-refractivity contribution in [3.05, 3.63) is 22.9 Å². The first-order valence-electron chi connectivity index (χ1n) is 5.03. The lowest BCUT2D eigenvalue weighted by Crippen LogP contribution is -2.03. The van der Waals surface area contributed by atoms with Gasteiger partial charge in [-0.25, -0.2) is 0 Å². The number of halogens is 1. The fourth-order valence-corrected chi connectivity index (χ4v) is 1.62. The van der Waals surface area contributed by atoms with Crippen LogP contribution in [0, 0.1) is 5.92 Å². The summed E-state index contributed by atoms with van der Waals surface area (Å²) in [5, 5.41) is 3.35. The van der Waals surface area contributed by atoms with Crippen LogP contribution < -0.4 is 5.32 Å². The highest BCUT2D eigenvalue weighted by atomic mass is 79.9. The Morgan fingerprint density at radius 2 is 2.21 bits per heavy atom. The van der Waals surface area contributed by atoms with Gasteiger partial charge < -0.3 is 5.32 Å². The van der Waals surface area contributed by atoms with Crippen molar-refractivity contribution in [3.63, 3.8) is 0 Å². The van der Waals surface area contributed by atoms with Crippen LogP contribution >= 0.6 is 15.9 Å². The van der Waals surface area contributed by atoms with E-state index in [0.717, 1.165) is 22.6 Å². The smallest absolute Gasteiger partial charge is 0.0538 e. The molecular formula is C11H17BrN2. The summed E-state index contributed by atoms with van der Waals surface area (Å²) in [7, 11) is 0. The molecule has 0 radical (unpaired) electrons. The van der Waals surface area contributed by atoms with E-state index in [4.69, 9.17) is 0 Å². The molecule has 0 aliphatic heterocycles. The van der Waals surface area contributed by atoms with Crippen LogP contribution in [-0.4, -0.2) is 11.5 Å². The fraction of sp³-hybridized carbons (Fsp3) is 0.545. The van der Waals surface area contributed by atoms with Crippen molar-refractivity contribution in [2.45, 2.75) is 26.7 Å². The van der Waals surface area contributed by atoms with Crippen molar-refractivity contribution >= 4 is 21.6 Å². The van der Waals surface area contributed by atoms with Crippen molar-refractivity contribution in [3.8, 4) is 0 Å². The topological polar surface area (TPSA) is 24.9 Å². The molecule has 0 fully saturated rings. The summed E-state index contributed by atoms with van der Waals surface area (Å²) in [6, 6.07) is 2.04. The molecule has 0 saturated heterocycles. The maximum Gasteiger partial charge on any atom is 0.0538 e. The van der Waals surface area contributed by atoms with Crippen molar-refractivity contribution < 1.29 is 0 Å². The number of anilines is 1. The van der Waals surface area contributed by atoms with Gasteiger partial charge in [0, 0.05) is 17.2 Å². The molecule has 78 valence electrons. The lowest BCUT2D eigenvalue weighted by Gasteiger charge is -2.07. The Morgan fingerprint density at radius 3 is 2.86 bits per heavy atom. The Kier molecular flexibility index (Phi) is 4.94. The molecule has 0 saturated carbocycles. The van der Waals surface area contributed by atoms with Gasteiger partial charge in [0.15, 0.2) is 0 Å². The monoisotopic (exact) mass is 256 g/mol. The van der Waals surface area contributed by atoms with E-state index in [1.54, 1.807) is 6.20 Å². The largest absolute Gasteiger partial charge is 0.384 e. The zero-order chi connectivity index (χ0) is 10.4. The summed E-state index contributed by atoms with van der Waals surface area (Å²) in [5.41, 5.74) is 1.09. The van der Waals surface area contributed by atoms with Gasteiger partial charge in [-0.15, -0.1) is 0 Å². The van der Waals surface area contributed by atoms with E-state index >= 15 is 0 Å². The van der Waals surface area contributed by atoms with Crippen LogP contribution in [0.3, 0.4) is 0 Å². The Bertz CT molecular complexity index is 274. The van der Waals surface area contributed by atoms with Crippen molar-refractivity contribution in [2.24, 2.45) is 5.92 Å². The third kappa shape index (κ3) is 4.61. The van der Waals surface area contributed by atoms with E-state index in [0.29, 0.717) is 0 Å². The Labute approximate surface area is 94.3 Å². The van der Waals surface area contributed by atoms with Gasteiger partial charge in [-0.3, -0.25) is 4.98 Å². The first-order chi connectivity index (χ1) is 6.68. The van der Waals surface area contributed by atoms with Gasteiger partial charge in [-0.05, 0) is 40.8 Å². The minimum absolute atomic E-state index is 0.789.